The Kier molecular flexibility index (Phi) is 3.86. The molecule has 0 saturated heterocycles. The van der Waals surface area contributed by atoms with E-state index in [0.29, 0.717) is 5.56 Å². The first-order valence-corrected chi connectivity index (χ1v) is 5.75. The third kappa shape index (κ3) is 2.63. The Hall–Kier alpha value is -2.42. The minimum absolute atomic E-state index is 0.201. The van der Waals surface area contributed by atoms with Crippen LogP contribution in [0.3, 0.4) is 0 Å². The third-order valence-corrected chi connectivity index (χ3v) is 2.55. The lowest BCUT2D eigenvalue weighted by Gasteiger charge is -2.04. The van der Waals surface area contributed by atoms with Gasteiger partial charge in [-0.3, -0.25) is 4.79 Å². The highest BCUT2D eigenvalue weighted by atomic mass is 16.2. The van der Waals surface area contributed by atoms with Gasteiger partial charge in [0.15, 0.2) is 0 Å². The van der Waals surface area contributed by atoms with E-state index in [9.17, 15) is 4.79 Å². The van der Waals surface area contributed by atoms with Crippen molar-refractivity contribution in [1.29, 1.82) is 0 Å². The van der Waals surface area contributed by atoms with Gasteiger partial charge in [0.05, 0.1) is 0 Å². The molecule has 3 heteroatoms. The fraction of sp³-hybridized carbons (Fsp3) is 0.0667. The maximum absolute atomic E-state index is 12.0. The first kappa shape index (κ1) is 12.0. The molecule has 0 saturated carbocycles. The molecule has 0 radical (unpaired) electrons. The number of benzene rings is 2. The van der Waals surface area contributed by atoms with Gasteiger partial charge in [0.2, 0.25) is 0 Å². The molecular formula is C15H14N2O. The molecule has 2 rings (SSSR count). The second-order valence-corrected chi connectivity index (χ2v) is 3.77. The van der Waals surface area contributed by atoms with Crippen molar-refractivity contribution in [3.05, 3.63) is 60.2 Å². The molecule has 2 aromatic rings. The van der Waals surface area contributed by atoms with Gasteiger partial charge in [0, 0.05) is 11.8 Å². The van der Waals surface area contributed by atoms with Crippen LogP contribution in [0.2, 0.25) is 0 Å². The number of allylic oxidation sites excluding steroid dienone is 2. The largest absolute Gasteiger partial charge is 0.271 e. The zero-order valence-electron chi connectivity index (χ0n) is 10.1. The molecule has 0 bridgehead atoms. The topological polar surface area (TPSA) is 41.5 Å². The van der Waals surface area contributed by atoms with E-state index in [1.807, 2.05) is 49.4 Å². The summed E-state index contributed by atoms with van der Waals surface area (Å²) in [6.45, 7) is 1.89. The normalized spacial score (nSPS) is 11.4. The van der Waals surface area contributed by atoms with E-state index in [4.69, 9.17) is 0 Å². The van der Waals surface area contributed by atoms with Crippen LogP contribution in [0, 0.1) is 0 Å². The molecular weight excluding hydrogens is 224 g/mol. The SMILES string of the molecule is C/C=C/C=N/NC(=O)c1cccc2ccccc12. The Morgan fingerprint density at radius 1 is 1.17 bits per heavy atom. The van der Waals surface area contributed by atoms with Crippen molar-refractivity contribution in [2.45, 2.75) is 6.92 Å². The fourth-order valence-corrected chi connectivity index (χ4v) is 1.71. The second-order valence-electron chi connectivity index (χ2n) is 3.77. The highest BCUT2D eigenvalue weighted by Gasteiger charge is 2.07. The lowest BCUT2D eigenvalue weighted by atomic mass is 10.0. The molecule has 0 aliphatic rings. The molecule has 0 aliphatic heterocycles. The molecule has 0 spiro atoms. The highest BCUT2D eigenvalue weighted by molar-refractivity contribution is 6.07. The number of hydrogen-bond donors (Lipinski definition) is 1. The van der Waals surface area contributed by atoms with Crippen LogP contribution in [-0.2, 0) is 0 Å². The van der Waals surface area contributed by atoms with E-state index in [1.165, 1.54) is 0 Å². The predicted octanol–water partition coefficient (Wildman–Crippen LogP) is 3.13. The smallest absolute Gasteiger partial charge is 0.267 e. The average Bonchev–Trinajstić information content (AvgIpc) is 2.43. The van der Waals surface area contributed by atoms with Crippen molar-refractivity contribution in [3.8, 4) is 0 Å². The molecule has 0 aliphatic carbocycles. The Morgan fingerprint density at radius 2 is 1.94 bits per heavy atom. The second kappa shape index (κ2) is 5.77. The highest BCUT2D eigenvalue weighted by Crippen LogP contribution is 2.18. The molecule has 1 N–H and O–H groups in total. The fourth-order valence-electron chi connectivity index (χ4n) is 1.71. The summed E-state index contributed by atoms with van der Waals surface area (Å²) < 4.78 is 0. The lowest BCUT2D eigenvalue weighted by Crippen LogP contribution is -2.17. The number of fused-ring (bicyclic) bond motifs is 1. The van der Waals surface area contributed by atoms with Gasteiger partial charge < -0.3 is 0 Å². The molecule has 18 heavy (non-hydrogen) atoms. The van der Waals surface area contributed by atoms with Gasteiger partial charge in [-0.25, -0.2) is 5.43 Å². The first-order chi connectivity index (χ1) is 8.83. The summed E-state index contributed by atoms with van der Waals surface area (Å²) in [7, 11) is 0. The summed E-state index contributed by atoms with van der Waals surface area (Å²) in [5.41, 5.74) is 3.14. The van der Waals surface area contributed by atoms with Crippen LogP contribution in [-0.4, -0.2) is 12.1 Å². The van der Waals surface area contributed by atoms with Crippen LogP contribution in [0.5, 0.6) is 0 Å². The number of amides is 1. The number of carbonyl (C=O) groups excluding carboxylic acids is 1. The van der Waals surface area contributed by atoms with Crippen molar-refractivity contribution in [2.24, 2.45) is 5.10 Å². The molecule has 90 valence electrons. The molecule has 0 aromatic heterocycles. The lowest BCUT2D eigenvalue weighted by molar-refractivity contribution is 0.0957. The zero-order valence-corrected chi connectivity index (χ0v) is 10.1. The van der Waals surface area contributed by atoms with Crippen LogP contribution < -0.4 is 5.43 Å². The summed E-state index contributed by atoms with van der Waals surface area (Å²) in [5, 5.41) is 5.81. The molecule has 3 nitrogen and oxygen atoms in total. The third-order valence-electron chi connectivity index (χ3n) is 2.55. The van der Waals surface area contributed by atoms with Gasteiger partial charge in [-0.15, -0.1) is 0 Å². The summed E-state index contributed by atoms with van der Waals surface area (Å²) in [6, 6.07) is 13.4. The van der Waals surface area contributed by atoms with Crippen molar-refractivity contribution >= 4 is 22.9 Å². The minimum atomic E-state index is -0.201. The number of hydrogen-bond acceptors (Lipinski definition) is 2. The van der Waals surface area contributed by atoms with Crippen LogP contribution >= 0.6 is 0 Å². The van der Waals surface area contributed by atoms with E-state index < -0.39 is 0 Å². The number of carbonyl (C=O) groups is 1. The van der Waals surface area contributed by atoms with Crippen molar-refractivity contribution < 1.29 is 4.79 Å². The quantitative estimate of drug-likeness (QED) is 0.647. The summed E-state index contributed by atoms with van der Waals surface area (Å²) >= 11 is 0. The number of rotatable bonds is 3. The molecule has 0 unspecified atom stereocenters. The van der Waals surface area contributed by atoms with Crippen LogP contribution in [0.25, 0.3) is 10.8 Å². The maximum atomic E-state index is 12.0. The van der Waals surface area contributed by atoms with E-state index in [1.54, 1.807) is 18.4 Å². The van der Waals surface area contributed by atoms with Crippen molar-refractivity contribution in [1.82, 2.24) is 5.43 Å². The molecule has 0 heterocycles. The molecule has 2 aromatic carbocycles. The summed E-state index contributed by atoms with van der Waals surface area (Å²) in [5.74, 6) is -0.201. The van der Waals surface area contributed by atoms with Crippen LogP contribution in [0.1, 0.15) is 17.3 Å². The number of hydrazone groups is 1. The monoisotopic (exact) mass is 238 g/mol. The summed E-state index contributed by atoms with van der Waals surface area (Å²) in [6.07, 6.45) is 5.14. The van der Waals surface area contributed by atoms with E-state index >= 15 is 0 Å². The summed E-state index contributed by atoms with van der Waals surface area (Å²) in [4.78, 5) is 12.0. The predicted molar refractivity (Wildman–Crippen MR) is 74.7 cm³/mol. The van der Waals surface area contributed by atoms with Crippen molar-refractivity contribution in [2.75, 3.05) is 0 Å². The Bertz CT molecular complexity index is 609. The number of nitrogens with one attached hydrogen (secondary N) is 1. The van der Waals surface area contributed by atoms with Gasteiger partial charge >= 0.3 is 0 Å². The first-order valence-electron chi connectivity index (χ1n) is 5.75. The zero-order chi connectivity index (χ0) is 12.8. The van der Waals surface area contributed by atoms with E-state index in [2.05, 4.69) is 10.5 Å². The Labute approximate surface area is 106 Å². The van der Waals surface area contributed by atoms with Crippen molar-refractivity contribution in [3.63, 3.8) is 0 Å². The minimum Gasteiger partial charge on any atom is -0.267 e. The maximum Gasteiger partial charge on any atom is 0.271 e. The number of nitrogens with zero attached hydrogens (tertiary/aromatic N) is 1. The Balaban J connectivity index is 2.28. The van der Waals surface area contributed by atoms with E-state index in [0.717, 1.165) is 10.8 Å². The van der Waals surface area contributed by atoms with Gasteiger partial charge in [-0.1, -0.05) is 42.5 Å². The van der Waals surface area contributed by atoms with E-state index in [-0.39, 0.29) is 5.91 Å². The standard InChI is InChI=1S/C15H14N2O/c1-2-3-11-16-17-15(18)14-10-6-8-12-7-4-5-9-13(12)14/h2-11H,1H3,(H,17,18)/b3-2+,16-11+. The van der Waals surface area contributed by atoms with Crippen LogP contribution in [0.15, 0.2) is 59.7 Å². The Morgan fingerprint density at radius 3 is 2.78 bits per heavy atom. The van der Waals surface area contributed by atoms with Gasteiger partial charge in [0.1, 0.15) is 0 Å². The van der Waals surface area contributed by atoms with Gasteiger partial charge in [-0.05, 0) is 29.8 Å². The molecule has 0 atom stereocenters. The average molecular weight is 238 g/mol. The molecule has 0 fully saturated rings. The van der Waals surface area contributed by atoms with Gasteiger partial charge in [-0.2, -0.15) is 5.10 Å². The van der Waals surface area contributed by atoms with Gasteiger partial charge in [0.25, 0.3) is 5.91 Å². The molecule has 1 amide bonds. The van der Waals surface area contributed by atoms with Crippen LogP contribution in [0.4, 0.5) is 0 Å².